The lowest BCUT2D eigenvalue weighted by Gasteiger charge is -2.35. The molecule has 0 spiro atoms. The lowest BCUT2D eigenvalue weighted by Crippen LogP contribution is -2.49. The van der Waals surface area contributed by atoms with E-state index in [2.05, 4.69) is 28.9 Å². The summed E-state index contributed by atoms with van der Waals surface area (Å²) < 4.78 is 13.8. The van der Waals surface area contributed by atoms with Crippen LogP contribution in [-0.2, 0) is 0 Å². The second kappa shape index (κ2) is 9.06. The molecule has 0 radical (unpaired) electrons. The Hall–Kier alpha value is -2.31. The fourth-order valence-corrected chi connectivity index (χ4v) is 3.37. The Morgan fingerprint density at radius 2 is 1.81 bits per heavy atom. The third-order valence-corrected chi connectivity index (χ3v) is 4.95. The SMILES string of the molecule is CN(C)CCCN1CCN(C(=O)c2ccc(-c3ccncc3F)cc2)CC1. The smallest absolute Gasteiger partial charge is 0.253 e. The van der Waals surface area contributed by atoms with Gasteiger partial charge in [0.25, 0.3) is 5.91 Å². The zero-order valence-electron chi connectivity index (χ0n) is 16.1. The standard InChI is InChI=1S/C21H27FN4O/c1-24(2)10-3-11-25-12-14-26(15-13-25)21(27)18-6-4-17(5-7-18)19-8-9-23-16-20(19)22/h4-9,16H,3,10-15H2,1-2H3. The van der Waals surface area contributed by atoms with E-state index >= 15 is 0 Å². The average Bonchev–Trinajstić information content (AvgIpc) is 2.68. The summed E-state index contributed by atoms with van der Waals surface area (Å²) in [4.78, 5) is 23.0. The number of nitrogens with zero attached hydrogens (tertiary/aromatic N) is 4. The van der Waals surface area contributed by atoms with Gasteiger partial charge in [-0.3, -0.25) is 14.7 Å². The van der Waals surface area contributed by atoms with E-state index in [0.717, 1.165) is 51.3 Å². The summed E-state index contributed by atoms with van der Waals surface area (Å²) in [5, 5.41) is 0. The lowest BCUT2D eigenvalue weighted by atomic mass is 10.0. The number of carbonyl (C=O) groups excluding carboxylic acids is 1. The number of hydrogen-bond acceptors (Lipinski definition) is 4. The van der Waals surface area contributed by atoms with Crippen LogP contribution in [0.3, 0.4) is 0 Å². The molecule has 1 saturated heterocycles. The summed E-state index contributed by atoms with van der Waals surface area (Å²) in [6.07, 6.45) is 3.91. The molecule has 6 heteroatoms. The van der Waals surface area contributed by atoms with Gasteiger partial charge in [0.2, 0.25) is 0 Å². The summed E-state index contributed by atoms with van der Waals surface area (Å²) in [5.41, 5.74) is 1.89. The first-order chi connectivity index (χ1) is 13.0. The average molecular weight is 370 g/mol. The first-order valence-electron chi connectivity index (χ1n) is 9.41. The Labute approximate surface area is 160 Å². The van der Waals surface area contributed by atoms with Gasteiger partial charge < -0.3 is 9.80 Å². The number of pyridine rings is 1. The molecule has 2 aromatic rings. The summed E-state index contributed by atoms with van der Waals surface area (Å²) in [7, 11) is 4.18. The Morgan fingerprint density at radius 3 is 2.44 bits per heavy atom. The van der Waals surface area contributed by atoms with Crippen molar-refractivity contribution in [2.45, 2.75) is 6.42 Å². The molecule has 144 valence electrons. The molecule has 0 atom stereocenters. The van der Waals surface area contributed by atoms with E-state index in [-0.39, 0.29) is 11.7 Å². The number of amides is 1. The minimum atomic E-state index is -0.359. The van der Waals surface area contributed by atoms with Gasteiger partial charge in [-0.2, -0.15) is 0 Å². The molecule has 1 aliphatic heterocycles. The molecular formula is C21H27FN4O. The predicted molar refractivity (Wildman–Crippen MR) is 105 cm³/mol. The summed E-state index contributed by atoms with van der Waals surface area (Å²) in [6.45, 7) is 5.50. The van der Waals surface area contributed by atoms with Crippen LogP contribution in [0.25, 0.3) is 11.1 Å². The summed E-state index contributed by atoms with van der Waals surface area (Å²) in [6, 6.07) is 8.79. The van der Waals surface area contributed by atoms with Crippen molar-refractivity contribution in [2.24, 2.45) is 0 Å². The van der Waals surface area contributed by atoms with Gasteiger partial charge in [0.1, 0.15) is 5.82 Å². The van der Waals surface area contributed by atoms with Crippen LogP contribution in [0.1, 0.15) is 16.8 Å². The minimum absolute atomic E-state index is 0.0460. The van der Waals surface area contributed by atoms with Gasteiger partial charge in [-0.25, -0.2) is 4.39 Å². The van der Waals surface area contributed by atoms with Crippen molar-refractivity contribution in [3.8, 4) is 11.1 Å². The Balaban J connectivity index is 1.55. The van der Waals surface area contributed by atoms with Crippen molar-refractivity contribution in [1.29, 1.82) is 0 Å². The first-order valence-corrected chi connectivity index (χ1v) is 9.41. The zero-order valence-corrected chi connectivity index (χ0v) is 16.1. The molecule has 0 saturated carbocycles. The number of carbonyl (C=O) groups is 1. The van der Waals surface area contributed by atoms with Crippen molar-refractivity contribution >= 4 is 5.91 Å². The Bertz CT molecular complexity index is 755. The van der Waals surface area contributed by atoms with Gasteiger partial charge in [0.05, 0.1) is 6.20 Å². The van der Waals surface area contributed by atoms with Crippen LogP contribution in [0.2, 0.25) is 0 Å². The second-order valence-corrected chi connectivity index (χ2v) is 7.22. The van der Waals surface area contributed by atoms with Gasteiger partial charge in [0.15, 0.2) is 0 Å². The molecule has 0 unspecified atom stereocenters. The minimum Gasteiger partial charge on any atom is -0.336 e. The maximum absolute atomic E-state index is 13.8. The molecule has 27 heavy (non-hydrogen) atoms. The van der Waals surface area contributed by atoms with Crippen molar-refractivity contribution in [1.82, 2.24) is 19.7 Å². The Morgan fingerprint density at radius 1 is 1.11 bits per heavy atom. The molecule has 0 aliphatic carbocycles. The van der Waals surface area contributed by atoms with E-state index < -0.39 is 0 Å². The highest BCUT2D eigenvalue weighted by molar-refractivity contribution is 5.94. The van der Waals surface area contributed by atoms with Gasteiger partial charge in [0, 0.05) is 43.5 Å². The molecule has 1 aromatic carbocycles. The zero-order chi connectivity index (χ0) is 19.2. The lowest BCUT2D eigenvalue weighted by molar-refractivity contribution is 0.0634. The fraction of sp³-hybridized carbons (Fsp3) is 0.429. The number of piperazine rings is 1. The first kappa shape index (κ1) is 19.5. The number of aromatic nitrogens is 1. The van der Waals surface area contributed by atoms with E-state index in [1.54, 1.807) is 36.5 Å². The van der Waals surface area contributed by atoms with E-state index in [9.17, 15) is 9.18 Å². The highest BCUT2D eigenvalue weighted by atomic mass is 19.1. The van der Waals surface area contributed by atoms with Crippen molar-refractivity contribution in [3.63, 3.8) is 0 Å². The monoisotopic (exact) mass is 370 g/mol. The highest BCUT2D eigenvalue weighted by Gasteiger charge is 2.22. The van der Waals surface area contributed by atoms with E-state index in [1.807, 2.05) is 4.90 Å². The van der Waals surface area contributed by atoms with Crippen molar-refractivity contribution in [3.05, 3.63) is 54.1 Å². The molecule has 0 N–H and O–H groups in total. The van der Waals surface area contributed by atoms with Crippen LogP contribution in [0.15, 0.2) is 42.7 Å². The topological polar surface area (TPSA) is 39.7 Å². The van der Waals surface area contributed by atoms with Crippen molar-refractivity contribution < 1.29 is 9.18 Å². The second-order valence-electron chi connectivity index (χ2n) is 7.22. The van der Waals surface area contributed by atoms with Crippen LogP contribution in [-0.4, -0.2) is 79.0 Å². The quantitative estimate of drug-likeness (QED) is 0.784. The molecule has 0 bridgehead atoms. The Kier molecular flexibility index (Phi) is 6.53. The molecule has 3 rings (SSSR count). The molecular weight excluding hydrogens is 343 g/mol. The van der Waals surface area contributed by atoms with Crippen LogP contribution in [0, 0.1) is 5.82 Å². The van der Waals surface area contributed by atoms with E-state index in [1.165, 1.54) is 6.20 Å². The largest absolute Gasteiger partial charge is 0.336 e. The normalized spacial score (nSPS) is 15.3. The molecule has 1 aromatic heterocycles. The fourth-order valence-electron chi connectivity index (χ4n) is 3.37. The predicted octanol–water partition coefficient (Wildman–Crippen LogP) is 2.60. The summed E-state index contributed by atoms with van der Waals surface area (Å²) in [5.74, 6) is -0.313. The maximum Gasteiger partial charge on any atom is 0.253 e. The van der Waals surface area contributed by atoms with E-state index in [0.29, 0.717) is 11.1 Å². The number of hydrogen-bond donors (Lipinski definition) is 0. The van der Waals surface area contributed by atoms with Crippen LogP contribution in [0.4, 0.5) is 4.39 Å². The third-order valence-electron chi connectivity index (χ3n) is 4.95. The van der Waals surface area contributed by atoms with E-state index in [4.69, 9.17) is 0 Å². The van der Waals surface area contributed by atoms with Gasteiger partial charge in [-0.05, 0) is 57.4 Å². The van der Waals surface area contributed by atoms with Crippen LogP contribution < -0.4 is 0 Å². The van der Waals surface area contributed by atoms with Gasteiger partial charge in [-0.1, -0.05) is 12.1 Å². The van der Waals surface area contributed by atoms with Crippen LogP contribution in [0.5, 0.6) is 0 Å². The van der Waals surface area contributed by atoms with Crippen molar-refractivity contribution in [2.75, 3.05) is 53.4 Å². The molecule has 1 aliphatic rings. The third kappa shape index (κ3) is 5.11. The molecule has 2 heterocycles. The van der Waals surface area contributed by atoms with Gasteiger partial charge in [-0.15, -0.1) is 0 Å². The van der Waals surface area contributed by atoms with Gasteiger partial charge >= 0.3 is 0 Å². The maximum atomic E-state index is 13.8. The summed E-state index contributed by atoms with van der Waals surface area (Å²) >= 11 is 0. The van der Waals surface area contributed by atoms with Crippen LogP contribution >= 0.6 is 0 Å². The highest BCUT2D eigenvalue weighted by Crippen LogP contribution is 2.22. The number of rotatable bonds is 6. The molecule has 1 fully saturated rings. The molecule has 5 nitrogen and oxygen atoms in total. The number of benzene rings is 1. The molecule has 1 amide bonds. The number of halogens is 1.